The van der Waals surface area contributed by atoms with Crippen LogP contribution in [0.3, 0.4) is 0 Å². The van der Waals surface area contributed by atoms with Crippen LogP contribution in [-0.4, -0.2) is 15.4 Å². The van der Waals surface area contributed by atoms with Gasteiger partial charge in [0.1, 0.15) is 4.83 Å². The fraction of sp³-hybridized carbons (Fsp3) is 0.562. The predicted molar refractivity (Wildman–Crippen MR) is 90.2 cm³/mol. The van der Waals surface area contributed by atoms with Crippen molar-refractivity contribution in [2.75, 3.05) is 0 Å². The fourth-order valence-corrected chi connectivity index (χ4v) is 3.58. The number of nitrogens with zero attached hydrogens (tertiary/aromatic N) is 2. The normalized spacial score (nSPS) is 12.0. The molecule has 0 N–H and O–H groups in total. The van der Waals surface area contributed by atoms with Gasteiger partial charge in [0.25, 0.3) is 5.56 Å². The highest BCUT2D eigenvalue weighted by molar-refractivity contribution is 7.20. The van der Waals surface area contributed by atoms with Gasteiger partial charge in [0.05, 0.1) is 10.3 Å². The van der Waals surface area contributed by atoms with E-state index in [1.807, 2.05) is 0 Å². The highest BCUT2D eigenvalue weighted by Gasteiger charge is 2.20. The second kappa shape index (κ2) is 5.83. The maximum absolute atomic E-state index is 12.6. The number of aldehydes is 1. The van der Waals surface area contributed by atoms with Gasteiger partial charge in [0.2, 0.25) is 0 Å². The van der Waals surface area contributed by atoms with Gasteiger partial charge < -0.3 is 0 Å². The summed E-state index contributed by atoms with van der Waals surface area (Å²) >= 11 is 1.23. The maximum Gasteiger partial charge on any atom is 0.332 e. The van der Waals surface area contributed by atoms with Gasteiger partial charge in [-0.3, -0.25) is 18.7 Å². The van der Waals surface area contributed by atoms with Gasteiger partial charge in [-0.25, -0.2) is 4.79 Å². The second-order valence-electron chi connectivity index (χ2n) is 6.68. The zero-order chi connectivity index (χ0) is 16.7. The molecule has 0 fully saturated rings. The molecule has 120 valence electrons. The molecule has 0 aliphatic carbocycles. The Bertz CT molecular complexity index is 834. The van der Waals surface area contributed by atoms with E-state index >= 15 is 0 Å². The van der Waals surface area contributed by atoms with E-state index in [-0.39, 0.29) is 16.7 Å². The van der Waals surface area contributed by atoms with Crippen molar-refractivity contribution in [2.24, 2.45) is 5.41 Å². The van der Waals surface area contributed by atoms with Crippen LogP contribution in [0.5, 0.6) is 0 Å². The van der Waals surface area contributed by atoms with Crippen molar-refractivity contribution in [3.63, 3.8) is 0 Å². The van der Waals surface area contributed by atoms with Crippen LogP contribution in [0, 0.1) is 12.3 Å². The molecule has 0 unspecified atom stereocenters. The first-order chi connectivity index (χ1) is 10.2. The lowest BCUT2D eigenvalue weighted by molar-refractivity contribution is 0.112. The number of carbonyl (C=O) groups is 1. The van der Waals surface area contributed by atoms with E-state index in [2.05, 4.69) is 20.8 Å². The monoisotopic (exact) mass is 322 g/mol. The molecule has 2 aromatic heterocycles. The summed E-state index contributed by atoms with van der Waals surface area (Å²) in [5.74, 6) is 0. The molecule has 0 aliphatic heterocycles. The molecule has 2 aromatic rings. The van der Waals surface area contributed by atoms with Gasteiger partial charge in [0, 0.05) is 13.1 Å². The number of carbonyl (C=O) groups excluding carboxylic acids is 1. The number of aryl methyl sites for hydroxylation is 2. The van der Waals surface area contributed by atoms with Gasteiger partial charge in [-0.2, -0.15) is 0 Å². The molecule has 0 amide bonds. The third-order valence-electron chi connectivity index (χ3n) is 3.84. The molecule has 0 radical (unpaired) electrons. The summed E-state index contributed by atoms with van der Waals surface area (Å²) in [6.45, 7) is 10.8. The van der Waals surface area contributed by atoms with Crippen molar-refractivity contribution in [2.45, 2.75) is 54.1 Å². The van der Waals surface area contributed by atoms with Crippen LogP contribution < -0.4 is 11.2 Å². The van der Waals surface area contributed by atoms with E-state index in [9.17, 15) is 14.4 Å². The lowest BCUT2D eigenvalue weighted by Crippen LogP contribution is -2.39. The first-order valence-electron chi connectivity index (χ1n) is 7.43. The minimum Gasteiger partial charge on any atom is -0.297 e. The second-order valence-corrected chi connectivity index (χ2v) is 7.71. The molecule has 22 heavy (non-hydrogen) atoms. The molecule has 6 heteroatoms. The molecule has 0 spiro atoms. The lowest BCUT2D eigenvalue weighted by Gasteiger charge is -2.19. The summed E-state index contributed by atoms with van der Waals surface area (Å²) in [7, 11) is 0. The van der Waals surface area contributed by atoms with Crippen LogP contribution in [0.1, 0.15) is 49.4 Å². The molecular weight excluding hydrogens is 300 g/mol. The van der Waals surface area contributed by atoms with Crippen molar-refractivity contribution in [3.8, 4) is 0 Å². The largest absolute Gasteiger partial charge is 0.332 e. The minimum atomic E-state index is -0.295. The van der Waals surface area contributed by atoms with E-state index in [1.165, 1.54) is 15.9 Å². The van der Waals surface area contributed by atoms with Gasteiger partial charge in [-0.1, -0.05) is 20.8 Å². The number of fused-ring (bicyclic) bond motifs is 1. The third-order valence-corrected chi connectivity index (χ3v) is 5.08. The summed E-state index contributed by atoms with van der Waals surface area (Å²) in [5.41, 5.74) is 0.171. The summed E-state index contributed by atoms with van der Waals surface area (Å²) in [6, 6.07) is 0. The number of hydrogen-bond donors (Lipinski definition) is 0. The van der Waals surface area contributed by atoms with Crippen LogP contribution in [0.25, 0.3) is 10.2 Å². The van der Waals surface area contributed by atoms with Crippen LogP contribution in [0.4, 0.5) is 0 Å². The minimum absolute atomic E-state index is 0.0821. The summed E-state index contributed by atoms with van der Waals surface area (Å²) in [6.07, 6.45) is 1.57. The number of aromatic nitrogens is 2. The molecule has 5 nitrogen and oxygen atoms in total. The fourth-order valence-electron chi connectivity index (χ4n) is 2.45. The molecule has 0 bridgehead atoms. The smallest absolute Gasteiger partial charge is 0.297 e. The number of rotatable bonds is 4. The van der Waals surface area contributed by atoms with Crippen LogP contribution in [0.2, 0.25) is 0 Å². The van der Waals surface area contributed by atoms with Crippen molar-refractivity contribution in [1.29, 1.82) is 0 Å². The lowest BCUT2D eigenvalue weighted by atomic mass is 9.92. The van der Waals surface area contributed by atoms with Gasteiger partial charge in [-0.15, -0.1) is 11.3 Å². The molecule has 0 aliphatic rings. The molecular formula is C16H22N2O3S. The van der Waals surface area contributed by atoms with Crippen LogP contribution in [0.15, 0.2) is 9.59 Å². The Labute approximate surface area is 133 Å². The standard InChI is InChI=1S/C16H22N2O3S/c1-6-17-13(20)12-10(2)11(9-19)22-14(12)18(15(17)21)8-7-16(3,4)5/h9H,6-8H2,1-5H3. The molecule has 0 aromatic carbocycles. The zero-order valence-electron chi connectivity index (χ0n) is 13.7. The summed E-state index contributed by atoms with van der Waals surface area (Å²) in [5, 5.41) is 0.502. The van der Waals surface area contributed by atoms with E-state index in [4.69, 9.17) is 0 Å². The van der Waals surface area contributed by atoms with Crippen LogP contribution >= 0.6 is 11.3 Å². The first kappa shape index (κ1) is 16.7. The van der Waals surface area contributed by atoms with E-state index < -0.39 is 0 Å². The summed E-state index contributed by atoms with van der Waals surface area (Å²) in [4.78, 5) is 37.5. The molecule has 2 heterocycles. The molecule has 0 atom stereocenters. The molecule has 2 rings (SSSR count). The maximum atomic E-state index is 12.6. The van der Waals surface area contributed by atoms with E-state index in [1.54, 1.807) is 18.4 Å². The average Bonchev–Trinajstić information content (AvgIpc) is 2.75. The third kappa shape index (κ3) is 2.79. The summed E-state index contributed by atoms with van der Waals surface area (Å²) < 4.78 is 2.90. The number of hydrogen-bond acceptors (Lipinski definition) is 4. The van der Waals surface area contributed by atoms with Crippen molar-refractivity contribution >= 4 is 27.8 Å². The van der Waals surface area contributed by atoms with E-state index in [0.29, 0.717) is 33.7 Å². The Morgan fingerprint density at radius 2 is 1.82 bits per heavy atom. The predicted octanol–water partition coefficient (Wildman–Crippen LogP) is 2.80. The quantitative estimate of drug-likeness (QED) is 0.813. The molecule has 0 saturated heterocycles. The van der Waals surface area contributed by atoms with Crippen molar-refractivity contribution < 1.29 is 4.79 Å². The first-order valence-corrected chi connectivity index (χ1v) is 8.24. The van der Waals surface area contributed by atoms with Gasteiger partial charge >= 0.3 is 5.69 Å². The highest BCUT2D eigenvalue weighted by Crippen LogP contribution is 2.27. The highest BCUT2D eigenvalue weighted by atomic mass is 32.1. The SMILES string of the molecule is CCn1c(=O)c2c(C)c(C=O)sc2n(CCC(C)(C)C)c1=O. The molecule has 0 saturated carbocycles. The zero-order valence-corrected chi connectivity index (χ0v) is 14.5. The van der Waals surface area contributed by atoms with E-state index in [0.717, 1.165) is 12.7 Å². The Kier molecular flexibility index (Phi) is 4.42. The number of thiophene rings is 1. The average molecular weight is 322 g/mol. The Hall–Kier alpha value is -1.69. The van der Waals surface area contributed by atoms with Crippen LogP contribution in [-0.2, 0) is 13.1 Å². The van der Waals surface area contributed by atoms with Crippen molar-refractivity contribution in [3.05, 3.63) is 31.3 Å². The van der Waals surface area contributed by atoms with Gasteiger partial charge in [-0.05, 0) is 31.2 Å². The Balaban J connectivity index is 2.81. The van der Waals surface area contributed by atoms with Crippen molar-refractivity contribution in [1.82, 2.24) is 9.13 Å². The Morgan fingerprint density at radius 3 is 2.32 bits per heavy atom. The topological polar surface area (TPSA) is 61.1 Å². The Morgan fingerprint density at radius 1 is 1.18 bits per heavy atom. The van der Waals surface area contributed by atoms with Gasteiger partial charge in [0.15, 0.2) is 6.29 Å².